The second-order valence-corrected chi connectivity index (χ2v) is 3.03. The van der Waals surface area contributed by atoms with Crippen molar-refractivity contribution in [3.05, 3.63) is 0 Å². The van der Waals surface area contributed by atoms with Crippen LogP contribution in [0.2, 0.25) is 0 Å². The van der Waals surface area contributed by atoms with Crippen LogP contribution in [0.15, 0.2) is 0 Å². The van der Waals surface area contributed by atoms with Gasteiger partial charge in [-0.2, -0.15) is 11.8 Å². The van der Waals surface area contributed by atoms with Crippen LogP contribution < -0.4 is 5.32 Å². The molecule has 1 atom stereocenters. The highest BCUT2D eigenvalue weighted by molar-refractivity contribution is 7.99. The van der Waals surface area contributed by atoms with Crippen LogP contribution in [0.1, 0.15) is 0 Å². The first-order valence-corrected chi connectivity index (χ1v) is 3.97. The van der Waals surface area contributed by atoms with Crippen LogP contribution in [0, 0.1) is 0 Å². The molecule has 1 heterocycles. The highest BCUT2D eigenvalue weighted by Crippen LogP contribution is 2.06. The van der Waals surface area contributed by atoms with Gasteiger partial charge < -0.3 is 5.32 Å². The monoisotopic (exact) mass is 135 g/mol. The fourth-order valence-corrected chi connectivity index (χ4v) is 1.50. The lowest BCUT2D eigenvalue weighted by molar-refractivity contribution is 0.357. The molecule has 0 aromatic heterocycles. The molecule has 3 heteroatoms. The average molecular weight is 135 g/mol. The Bertz CT molecular complexity index is 61.4. The molecule has 0 spiro atoms. The van der Waals surface area contributed by atoms with Gasteiger partial charge in [0.25, 0.3) is 0 Å². The highest BCUT2D eigenvalue weighted by atomic mass is 32.2. The standard InChI is InChI=1S/C5H10FNS/c6-5-3-7-1-2-8-4-5/h5,7H,1-4H2. The van der Waals surface area contributed by atoms with Gasteiger partial charge in [0, 0.05) is 24.6 Å². The molecular weight excluding hydrogens is 125 g/mol. The molecule has 48 valence electrons. The van der Waals surface area contributed by atoms with Gasteiger partial charge in [0.2, 0.25) is 0 Å². The molecule has 0 amide bonds. The van der Waals surface area contributed by atoms with Gasteiger partial charge in [-0.1, -0.05) is 0 Å². The number of nitrogens with one attached hydrogen (secondary N) is 1. The molecule has 0 radical (unpaired) electrons. The molecule has 0 aromatic rings. The van der Waals surface area contributed by atoms with E-state index in [0.29, 0.717) is 12.3 Å². The van der Waals surface area contributed by atoms with E-state index in [-0.39, 0.29) is 0 Å². The Kier molecular flexibility index (Phi) is 2.63. The summed E-state index contributed by atoms with van der Waals surface area (Å²) in [7, 11) is 0. The van der Waals surface area contributed by atoms with Gasteiger partial charge in [-0.3, -0.25) is 0 Å². The SMILES string of the molecule is FC1CNCCSC1. The van der Waals surface area contributed by atoms with Crippen LogP contribution in [0.5, 0.6) is 0 Å². The van der Waals surface area contributed by atoms with E-state index in [4.69, 9.17) is 0 Å². The summed E-state index contributed by atoms with van der Waals surface area (Å²) in [4.78, 5) is 0. The van der Waals surface area contributed by atoms with Crippen LogP contribution in [-0.4, -0.2) is 30.8 Å². The molecule has 8 heavy (non-hydrogen) atoms. The summed E-state index contributed by atoms with van der Waals surface area (Å²) in [6.45, 7) is 1.51. The van der Waals surface area contributed by atoms with Gasteiger partial charge in [0.05, 0.1) is 0 Å². The zero-order valence-electron chi connectivity index (χ0n) is 4.69. The molecule has 1 saturated heterocycles. The third-order valence-corrected chi connectivity index (χ3v) is 2.18. The van der Waals surface area contributed by atoms with Gasteiger partial charge in [0.1, 0.15) is 6.17 Å². The van der Waals surface area contributed by atoms with Crippen molar-refractivity contribution in [1.82, 2.24) is 5.32 Å². The zero-order valence-corrected chi connectivity index (χ0v) is 5.51. The van der Waals surface area contributed by atoms with Crippen LogP contribution >= 0.6 is 11.8 Å². The fraction of sp³-hybridized carbons (Fsp3) is 1.00. The molecule has 0 saturated carbocycles. The van der Waals surface area contributed by atoms with Crippen molar-refractivity contribution in [1.29, 1.82) is 0 Å². The Labute approximate surface area is 53.0 Å². The van der Waals surface area contributed by atoms with Gasteiger partial charge in [0.15, 0.2) is 0 Å². The second-order valence-electron chi connectivity index (χ2n) is 1.88. The summed E-state index contributed by atoms with van der Waals surface area (Å²) in [5.74, 6) is 1.73. The maximum Gasteiger partial charge on any atom is 0.121 e. The van der Waals surface area contributed by atoms with Crippen LogP contribution in [0.25, 0.3) is 0 Å². The summed E-state index contributed by atoms with van der Waals surface area (Å²) in [5.41, 5.74) is 0. The number of halogens is 1. The molecule has 0 aliphatic carbocycles. The van der Waals surface area contributed by atoms with Crippen LogP contribution in [0.3, 0.4) is 0 Å². The van der Waals surface area contributed by atoms with Crippen LogP contribution in [-0.2, 0) is 0 Å². The molecule has 0 aromatic carbocycles. The molecule has 0 bridgehead atoms. The lowest BCUT2D eigenvalue weighted by Crippen LogP contribution is -2.23. The molecule has 1 rings (SSSR count). The Morgan fingerprint density at radius 3 is 3.38 bits per heavy atom. The third-order valence-electron chi connectivity index (χ3n) is 1.09. The van der Waals surface area contributed by atoms with Crippen molar-refractivity contribution in [2.45, 2.75) is 6.17 Å². The molecule has 1 N–H and O–H groups in total. The smallest absolute Gasteiger partial charge is 0.121 e. The predicted octanol–water partition coefficient (Wildman–Crippen LogP) is 0.661. The van der Waals surface area contributed by atoms with Crippen molar-refractivity contribution >= 4 is 11.8 Å². The largest absolute Gasteiger partial charge is 0.313 e. The first-order chi connectivity index (χ1) is 3.89. The summed E-state index contributed by atoms with van der Waals surface area (Å²) >= 11 is 1.69. The van der Waals surface area contributed by atoms with E-state index in [9.17, 15) is 4.39 Å². The topological polar surface area (TPSA) is 12.0 Å². The summed E-state index contributed by atoms with van der Waals surface area (Å²) in [6, 6.07) is 0. The van der Waals surface area contributed by atoms with E-state index in [2.05, 4.69) is 5.32 Å². The van der Waals surface area contributed by atoms with E-state index in [1.165, 1.54) is 0 Å². The second kappa shape index (κ2) is 3.30. The highest BCUT2D eigenvalue weighted by Gasteiger charge is 2.08. The van der Waals surface area contributed by atoms with Crippen molar-refractivity contribution in [2.24, 2.45) is 0 Å². The Balaban J connectivity index is 2.17. The Hall–Kier alpha value is 0.240. The van der Waals surface area contributed by atoms with E-state index in [1.54, 1.807) is 11.8 Å². The average Bonchev–Trinajstić information content (AvgIpc) is 1.94. The maximum atomic E-state index is 12.4. The van der Waals surface area contributed by atoms with Crippen molar-refractivity contribution in [3.8, 4) is 0 Å². The van der Waals surface area contributed by atoms with Gasteiger partial charge in [-0.15, -0.1) is 0 Å². The summed E-state index contributed by atoms with van der Waals surface area (Å²) in [5, 5.41) is 3.00. The van der Waals surface area contributed by atoms with Crippen molar-refractivity contribution in [3.63, 3.8) is 0 Å². The van der Waals surface area contributed by atoms with Gasteiger partial charge in [-0.05, 0) is 0 Å². The van der Waals surface area contributed by atoms with E-state index >= 15 is 0 Å². The van der Waals surface area contributed by atoms with Gasteiger partial charge in [-0.25, -0.2) is 4.39 Å². The minimum absolute atomic E-state index is 0.549. The normalized spacial score (nSPS) is 31.9. The number of rotatable bonds is 0. The Morgan fingerprint density at radius 2 is 2.50 bits per heavy atom. The van der Waals surface area contributed by atoms with E-state index < -0.39 is 6.17 Å². The summed E-state index contributed by atoms with van der Waals surface area (Å²) < 4.78 is 12.4. The lowest BCUT2D eigenvalue weighted by Gasteiger charge is -1.99. The molecule has 1 aliphatic rings. The van der Waals surface area contributed by atoms with E-state index in [1.807, 2.05) is 0 Å². The number of thioether (sulfide) groups is 1. The van der Waals surface area contributed by atoms with E-state index in [0.717, 1.165) is 12.3 Å². The molecular formula is C5H10FNS. The van der Waals surface area contributed by atoms with Crippen molar-refractivity contribution < 1.29 is 4.39 Å². The van der Waals surface area contributed by atoms with Crippen molar-refractivity contribution in [2.75, 3.05) is 24.6 Å². The Morgan fingerprint density at radius 1 is 1.62 bits per heavy atom. The lowest BCUT2D eigenvalue weighted by atomic mass is 10.4. The summed E-state index contributed by atoms with van der Waals surface area (Å²) in [6.07, 6.45) is -0.623. The molecule has 1 unspecified atom stereocenters. The predicted molar refractivity (Wildman–Crippen MR) is 35.1 cm³/mol. The molecule has 1 nitrogen and oxygen atoms in total. The minimum Gasteiger partial charge on any atom is -0.313 e. The number of hydrogen-bond acceptors (Lipinski definition) is 2. The quantitative estimate of drug-likeness (QED) is 0.523. The zero-order chi connectivity index (χ0) is 5.82. The van der Waals surface area contributed by atoms with Crippen LogP contribution in [0.4, 0.5) is 4.39 Å². The number of hydrogen-bond donors (Lipinski definition) is 1. The first-order valence-electron chi connectivity index (χ1n) is 2.82. The first kappa shape index (κ1) is 6.36. The fourth-order valence-electron chi connectivity index (χ4n) is 0.673. The number of alkyl halides is 1. The third kappa shape index (κ3) is 2.01. The minimum atomic E-state index is -0.623. The molecule has 1 aliphatic heterocycles. The van der Waals surface area contributed by atoms with Gasteiger partial charge >= 0.3 is 0 Å². The molecule has 1 fully saturated rings. The maximum absolute atomic E-state index is 12.4.